The van der Waals surface area contributed by atoms with E-state index >= 15 is 0 Å². The SMILES string of the molecule is CSc1ccc(C2OCCC2CNC(C)C)cc1. The number of hydrogen-bond donors (Lipinski definition) is 1. The fourth-order valence-corrected chi connectivity index (χ4v) is 2.80. The highest BCUT2D eigenvalue weighted by atomic mass is 32.2. The molecule has 1 aliphatic rings. The predicted octanol–water partition coefficient (Wildman–Crippen LogP) is 3.48. The minimum atomic E-state index is 0.271. The van der Waals surface area contributed by atoms with Crippen molar-refractivity contribution in [2.75, 3.05) is 19.4 Å². The monoisotopic (exact) mass is 265 g/mol. The average molecular weight is 265 g/mol. The molecule has 0 amide bonds. The molecule has 1 aliphatic heterocycles. The van der Waals surface area contributed by atoms with Crippen LogP contribution in [0.5, 0.6) is 0 Å². The Morgan fingerprint density at radius 1 is 1.33 bits per heavy atom. The van der Waals surface area contributed by atoms with E-state index in [0.717, 1.165) is 19.6 Å². The van der Waals surface area contributed by atoms with Crippen LogP contribution in [0.25, 0.3) is 0 Å². The van der Waals surface area contributed by atoms with Crippen molar-refractivity contribution < 1.29 is 4.74 Å². The highest BCUT2D eigenvalue weighted by molar-refractivity contribution is 7.98. The van der Waals surface area contributed by atoms with Crippen molar-refractivity contribution in [1.29, 1.82) is 0 Å². The van der Waals surface area contributed by atoms with Gasteiger partial charge in [0.05, 0.1) is 6.10 Å². The number of benzene rings is 1. The van der Waals surface area contributed by atoms with Gasteiger partial charge in [-0.15, -0.1) is 11.8 Å². The summed E-state index contributed by atoms with van der Waals surface area (Å²) in [7, 11) is 0. The summed E-state index contributed by atoms with van der Waals surface area (Å²) >= 11 is 1.78. The van der Waals surface area contributed by atoms with E-state index in [0.29, 0.717) is 12.0 Å². The van der Waals surface area contributed by atoms with Gasteiger partial charge >= 0.3 is 0 Å². The lowest BCUT2D eigenvalue weighted by Gasteiger charge is -2.20. The van der Waals surface area contributed by atoms with Crippen LogP contribution >= 0.6 is 11.8 Å². The van der Waals surface area contributed by atoms with E-state index in [1.165, 1.54) is 10.5 Å². The van der Waals surface area contributed by atoms with Crippen molar-refractivity contribution in [3.8, 4) is 0 Å². The van der Waals surface area contributed by atoms with Crippen LogP contribution in [0, 0.1) is 5.92 Å². The van der Waals surface area contributed by atoms with E-state index < -0.39 is 0 Å². The molecular weight excluding hydrogens is 242 g/mol. The Morgan fingerprint density at radius 3 is 2.67 bits per heavy atom. The molecule has 0 bridgehead atoms. The van der Waals surface area contributed by atoms with Gasteiger partial charge in [0.25, 0.3) is 0 Å². The molecular formula is C15H23NOS. The van der Waals surface area contributed by atoms with Gasteiger partial charge in [-0.05, 0) is 30.4 Å². The molecule has 1 N–H and O–H groups in total. The van der Waals surface area contributed by atoms with Crippen molar-refractivity contribution in [3.63, 3.8) is 0 Å². The zero-order chi connectivity index (χ0) is 13.0. The standard InChI is InChI=1S/C15H23NOS/c1-11(2)16-10-13-8-9-17-15(13)12-4-6-14(18-3)7-5-12/h4-7,11,13,15-16H,8-10H2,1-3H3. The lowest BCUT2D eigenvalue weighted by Crippen LogP contribution is -2.30. The zero-order valence-corrected chi connectivity index (χ0v) is 12.3. The van der Waals surface area contributed by atoms with E-state index in [1.54, 1.807) is 11.8 Å². The van der Waals surface area contributed by atoms with Crippen molar-refractivity contribution >= 4 is 11.8 Å². The maximum atomic E-state index is 5.91. The van der Waals surface area contributed by atoms with Crippen LogP contribution in [0.2, 0.25) is 0 Å². The van der Waals surface area contributed by atoms with Crippen molar-refractivity contribution in [2.24, 2.45) is 5.92 Å². The molecule has 2 rings (SSSR count). The normalized spacial score (nSPS) is 23.8. The smallest absolute Gasteiger partial charge is 0.0866 e. The molecule has 1 aromatic rings. The van der Waals surface area contributed by atoms with Crippen LogP contribution in [0.15, 0.2) is 29.2 Å². The molecule has 1 fully saturated rings. The number of rotatable bonds is 5. The van der Waals surface area contributed by atoms with E-state index in [9.17, 15) is 0 Å². The summed E-state index contributed by atoms with van der Waals surface area (Å²) in [5.41, 5.74) is 1.32. The molecule has 0 spiro atoms. The highest BCUT2D eigenvalue weighted by Gasteiger charge is 2.29. The Labute approximate surface area is 114 Å². The van der Waals surface area contributed by atoms with Gasteiger partial charge in [-0.25, -0.2) is 0 Å². The van der Waals surface area contributed by atoms with Crippen molar-refractivity contribution in [1.82, 2.24) is 5.32 Å². The van der Waals surface area contributed by atoms with Gasteiger partial charge in [0.1, 0.15) is 0 Å². The van der Waals surface area contributed by atoms with Crippen molar-refractivity contribution in [2.45, 2.75) is 37.3 Å². The van der Waals surface area contributed by atoms with Gasteiger partial charge in [-0.1, -0.05) is 26.0 Å². The van der Waals surface area contributed by atoms with E-state index in [4.69, 9.17) is 4.74 Å². The molecule has 2 nitrogen and oxygen atoms in total. The van der Waals surface area contributed by atoms with Gasteiger partial charge in [0.2, 0.25) is 0 Å². The third kappa shape index (κ3) is 3.50. The summed E-state index contributed by atoms with van der Waals surface area (Å²) in [5, 5.41) is 3.53. The Hall–Kier alpha value is -0.510. The molecule has 0 saturated carbocycles. The first-order valence-electron chi connectivity index (χ1n) is 6.69. The van der Waals surface area contributed by atoms with Crippen LogP contribution in [-0.2, 0) is 4.74 Å². The number of nitrogens with one attached hydrogen (secondary N) is 1. The third-order valence-electron chi connectivity index (χ3n) is 3.45. The molecule has 1 aromatic carbocycles. The summed E-state index contributed by atoms with van der Waals surface area (Å²) < 4.78 is 5.91. The molecule has 0 radical (unpaired) electrons. The third-order valence-corrected chi connectivity index (χ3v) is 4.19. The number of hydrogen-bond acceptors (Lipinski definition) is 3. The quantitative estimate of drug-likeness (QED) is 0.824. The van der Waals surface area contributed by atoms with Crippen LogP contribution in [0.1, 0.15) is 31.9 Å². The first kappa shape index (κ1) is 13.9. The van der Waals surface area contributed by atoms with Gasteiger partial charge in [-0.3, -0.25) is 0 Å². The second-order valence-corrected chi connectivity index (χ2v) is 6.06. The predicted molar refractivity (Wildman–Crippen MR) is 78.2 cm³/mol. The van der Waals surface area contributed by atoms with Crippen LogP contribution in [-0.4, -0.2) is 25.4 Å². The molecule has 0 aliphatic carbocycles. The molecule has 2 unspecified atom stereocenters. The van der Waals surface area contributed by atoms with Crippen molar-refractivity contribution in [3.05, 3.63) is 29.8 Å². The van der Waals surface area contributed by atoms with Crippen LogP contribution in [0.3, 0.4) is 0 Å². The first-order chi connectivity index (χ1) is 8.70. The minimum absolute atomic E-state index is 0.271. The second-order valence-electron chi connectivity index (χ2n) is 5.18. The van der Waals surface area contributed by atoms with E-state index in [-0.39, 0.29) is 6.10 Å². The lowest BCUT2D eigenvalue weighted by molar-refractivity contribution is 0.0900. The van der Waals surface area contributed by atoms with Gasteiger partial charge in [-0.2, -0.15) is 0 Å². The Morgan fingerprint density at radius 2 is 2.06 bits per heavy atom. The molecule has 1 heterocycles. The summed E-state index contributed by atoms with van der Waals surface area (Å²) in [6.45, 7) is 6.32. The summed E-state index contributed by atoms with van der Waals surface area (Å²) in [4.78, 5) is 1.31. The molecule has 2 atom stereocenters. The Kier molecular flexibility index (Phi) is 5.10. The molecule has 18 heavy (non-hydrogen) atoms. The largest absolute Gasteiger partial charge is 0.373 e. The molecule has 0 aromatic heterocycles. The minimum Gasteiger partial charge on any atom is -0.373 e. The van der Waals surface area contributed by atoms with E-state index in [2.05, 4.69) is 49.7 Å². The summed E-state index contributed by atoms with van der Waals surface area (Å²) in [6, 6.07) is 9.35. The van der Waals surface area contributed by atoms with Gasteiger partial charge in [0, 0.05) is 30.0 Å². The number of thioether (sulfide) groups is 1. The van der Waals surface area contributed by atoms with E-state index in [1.807, 2.05) is 0 Å². The maximum Gasteiger partial charge on any atom is 0.0866 e. The Bertz CT molecular complexity index is 363. The maximum absolute atomic E-state index is 5.91. The molecule has 3 heteroatoms. The Balaban J connectivity index is 2.01. The first-order valence-corrected chi connectivity index (χ1v) is 7.92. The second kappa shape index (κ2) is 6.60. The topological polar surface area (TPSA) is 21.3 Å². The van der Waals surface area contributed by atoms with Crippen LogP contribution < -0.4 is 5.32 Å². The van der Waals surface area contributed by atoms with Gasteiger partial charge < -0.3 is 10.1 Å². The lowest BCUT2D eigenvalue weighted by atomic mass is 9.95. The highest BCUT2D eigenvalue weighted by Crippen LogP contribution is 2.34. The molecule has 100 valence electrons. The molecule has 1 saturated heterocycles. The average Bonchev–Trinajstić information content (AvgIpc) is 2.85. The summed E-state index contributed by atoms with van der Waals surface area (Å²) in [6.07, 6.45) is 3.54. The number of ether oxygens (including phenoxy) is 1. The summed E-state index contributed by atoms with van der Waals surface area (Å²) in [5.74, 6) is 0.604. The van der Waals surface area contributed by atoms with Gasteiger partial charge in [0.15, 0.2) is 0 Å². The van der Waals surface area contributed by atoms with Crippen LogP contribution in [0.4, 0.5) is 0 Å². The fraction of sp³-hybridized carbons (Fsp3) is 0.600. The fourth-order valence-electron chi connectivity index (χ4n) is 2.39. The zero-order valence-electron chi connectivity index (χ0n) is 11.5.